The van der Waals surface area contributed by atoms with Crippen molar-refractivity contribution < 1.29 is 19.1 Å². The number of hydrogen-bond donors (Lipinski definition) is 0. The number of carbonyl (C=O) groups excluding carboxylic acids is 2. The average molecular weight is 465 g/mol. The van der Waals surface area contributed by atoms with Crippen molar-refractivity contribution >= 4 is 11.8 Å². The van der Waals surface area contributed by atoms with Gasteiger partial charge >= 0.3 is 5.97 Å². The summed E-state index contributed by atoms with van der Waals surface area (Å²) in [4.78, 5) is 24.6. The fraction of sp³-hybridized carbons (Fsp3) is 0.667. The maximum atomic E-state index is 13.1. The lowest BCUT2D eigenvalue weighted by Gasteiger charge is -2.60. The zero-order chi connectivity index (χ0) is 24.1. The van der Waals surface area contributed by atoms with Gasteiger partial charge in [-0.25, -0.2) is 0 Å². The molecule has 4 heteroatoms. The Morgan fingerprint density at radius 3 is 2.44 bits per heavy atom. The number of fused-ring (bicyclic) bond motifs is 5. The quantitative estimate of drug-likeness (QED) is 0.280. The highest BCUT2D eigenvalue weighted by Crippen LogP contribution is 2.67. The minimum atomic E-state index is -0.134. The van der Waals surface area contributed by atoms with Crippen molar-refractivity contribution in [3.8, 4) is 5.75 Å². The Morgan fingerprint density at radius 1 is 0.971 bits per heavy atom. The number of hydrogen-bond acceptors (Lipinski definition) is 4. The van der Waals surface area contributed by atoms with Gasteiger partial charge in [-0.1, -0.05) is 19.4 Å². The maximum absolute atomic E-state index is 13.1. The van der Waals surface area contributed by atoms with Crippen LogP contribution in [-0.4, -0.2) is 25.0 Å². The first-order valence-electron chi connectivity index (χ1n) is 13.3. The molecule has 1 aromatic rings. The van der Waals surface area contributed by atoms with E-state index in [2.05, 4.69) is 13.8 Å². The second-order valence-corrected chi connectivity index (χ2v) is 11.9. The van der Waals surface area contributed by atoms with Crippen LogP contribution in [-0.2, 0) is 9.53 Å². The first kappa shape index (κ1) is 23.6. The minimum Gasteiger partial charge on any atom is -0.497 e. The highest BCUT2D eigenvalue weighted by molar-refractivity contribution is 6.05. The summed E-state index contributed by atoms with van der Waals surface area (Å²) in [7, 11) is 1.65. The summed E-state index contributed by atoms with van der Waals surface area (Å²) in [5.74, 6) is 3.65. The van der Waals surface area contributed by atoms with Gasteiger partial charge < -0.3 is 9.47 Å². The van der Waals surface area contributed by atoms with Gasteiger partial charge in [0.05, 0.1) is 7.11 Å². The monoisotopic (exact) mass is 464 g/mol. The van der Waals surface area contributed by atoms with Crippen molar-refractivity contribution in [2.45, 2.75) is 84.7 Å². The smallest absolute Gasteiger partial charge is 0.302 e. The van der Waals surface area contributed by atoms with E-state index in [0.29, 0.717) is 17.3 Å². The summed E-state index contributed by atoms with van der Waals surface area (Å²) in [5.41, 5.74) is 2.64. The fourth-order valence-corrected chi connectivity index (χ4v) is 8.64. The second kappa shape index (κ2) is 8.84. The van der Waals surface area contributed by atoms with Crippen molar-refractivity contribution in [2.24, 2.45) is 34.5 Å². The lowest BCUT2D eigenvalue weighted by molar-refractivity contribution is -0.158. The zero-order valence-electron chi connectivity index (χ0n) is 21.3. The molecule has 5 rings (SSSR count). The Balaban J connectivity index is 1.33. The Hall–Kier alpha value is -2.10. The van der Waals surface area contributed by atoms with Gasteiger partial charge in [-0.3, -0.25) is 9.59 Å². The third-order valence-corrected chi connectivity index (χ3v) is 10.5. The molecule has 34 heavy (non-hydrogen) atoms. The van der Waals surface area contributed by atoms with Crippen molar-refractivity contribution in [3.63, 3.8) is 0 Å². The van der Waals surface area contributed by atoms with Crippen molar-refractivity contribution in [3.05, 3.63) is 41.5 Å². The van der Waals surface area contributed by atoms with Crippen LogP contribution in [0.3, 0.4) is 0 Å². The Morgan fingerprint density at radius 2 is 1.74 bits per heavy atom. The van der Waals surface area contributed by atoms with E-state index in [4.69, 9.17) is 9.47 Å². The number of methoxy groups -OCH3 is 1. The van der Waals surface area contributed by atoms with Gasteiger partial charge in [0.15, 0.2) is 5.78 Å². The van der Waals surface area contributed by atoms with Crippen molar-refractivity contribution in [2.75, 3.05) is 7.11 Å². The van der Waals surface area contributed by atoms with Crippen LogP contribution in [0.5, 0.6) is 5.75 Å². The Bertz CT molecular complexity index is 978. The number of ketones is 1. The minimum absolute atomic E-state index is 0.117. The molecule has 4 aliphatic carbocycles. The van der Waals surface area contributed by atoms with Gasteiger partial charge in [-0.05, 0) is 123 Å². The lowest BCUT2D eigenvalue weighted by atomic mass is 9.45. The van der Waals surface area contributed by atoms with Crippen LogP contribution < -0.4 is 4.74 Å². The molecule has 4 saturated carbocycles. The van der Waals surface area contributed by atoms with Crippen LogP contribution in [0.2, 0.25) is 0 Å². The molecule has 7 atom stereocenters. The van der Waals surface area contributed by atoms with Crippen LogP contribution in [0.15, 0.2) is 35.9 Å². The molecule has 0 amide bonds. The van der Waals surface area contributed by atoms with E-state index < -0.39 is 0 Å². The molecule has 0 bridgehead atoms. The topological polar surface area (TPSA) is 52.6 Å². The number of allylic oxidation sites excluding steroid dienone is 2. The van der Waals surface area contributed by atoms with Gasteiger partial charge in [0.2, 0.25) is 0 Å². The number of rotatable bonds is 4. The second-order valence-electron chi connectivity index (χ2n) is 11.9. The molecule has 0 radical (unpaired) electrons. The molecular weight excluding hydrogens is 424 g/mol. The van der Waals surface area contributed by atoms with Gasteiger partial charge in [0.1, 0.15) is 11.9 Å². The van der Waals surface area contributed by atoms with Crippen LogP contribution in [0, 0.1) is 34.5 Å². The third kappa shape index (κ3) is 3.91. The standard InChI is InChI=1S/C30H40O4/c1-19(31)34-24-13-15-29(2)21(17-24)7-11-25-26-12-8-22(30(26,3)16-14-27(25)29)18-28(32)20-5-9-23(33-4)10-6-20/h5-6,9-10,18,21,24-27H,7-8,11-17H2,1-4H3/b22-18+/t21-,24-,25-,26-,27-,29-,30+/m0/s1. The summed E-state index contributed by atoms with van der Waals surface area (Å²) >= 11 is 0. The molecule has 184 valence electrons. The summed E-state index contributed by atoms with van der Waals surface area (Å²) < 4.78 is 10.9. The van der Waals surface area contributed by atoms with Gasteiger partial charge in [-0.15, -0.1) is 0 Å². The van der Waals surface area contributed by atoms with Crippen LogP contribution >= 0.6 is 0 Å². The molecule has 4 aliphatic rings. The highest BCUT2D eigenvalue weighted by atomic mass is 16.5. The van der Waals surface area contributed by atoms with E-state index in [1.165, 1.54) is 51.0 Å². The molecule has 4 nitrogen and oxygen atoms in total. The van der Waals surface area contributed by atoms with E-state index in [1.54, 1.807) is 7.11 Å². The van der Waals surface area contributed by atoms with Gasteiger partial charge in [0.25, 0.3) is 0 Å². The number of esters is 1. The molecule has 0 spiro atoms. The van der Waals surface area contributed by atoms with Gasteiger partial charge in [-0.2, -0.15) is 0 Å². The predicted octanol–water partition coefficient (Wildman–Crippen LogP) is 6.78. The summed E-state index contributed by atoms with van der Waals surface area (Å²) in [6, 6.07) is 7.48. The van der Waals surface area contributed by atoms with E-state index in [-0.39, 0.29) is 23.3 Å². The summed E-state index contributed by atoms with van der Waals surface area (Å²) in [6.07, 6.45) is 12.6. The normalized spacial score (nSPS) is 40.1. The van der Waals surface area contributed by atoms with E-state index >= 15 is 0 Å². The van der Waals surface area contributed by atoms with Crippen molar-refractivity contribution in [1.29, 1.82) is 0 Å². The molecule has 0 N–H and O–H groups in total. The molecule has 0 heterocycles. The largest absolute Gasteiger partial charge is 0.497 e. The number of benzene rings is 1. The van der Waals surface area contributed by atoms with Crippen molar-refractivity contribution in [1.82, 2.24) is 0 Å². The molecule has 0 aromatic heterocycles. The van der Waals surface area contributed by atoms with Crippen LogP contribution in [0.25, 0.3) is 0 Å². The first-order chi connectivity index (χ1) is 16.2. The predicted molar refractivity (Wildman–Crippen MR) is 133 cm³/mol. The highest BCUT2D eigenvalue weighted by Gasteiger charge is 2.59. The molecular formula is C30H40O4. The van der Waals surface area contributed by atoms with Crippen LogP contribution in [0.1, 0.15) is 88.9 Å². The third-order valence-electron chi connectivity index (χ3n) is 10.5. The molecule has 1 aromatic carbocycles. The van der Waals surface area contributed by atoms with E-state index in [9.17, 15) is 9.59 Å². The Labute approximate surface area is 204 Å². The number of carbonyl (C=O) groups is 2. The average Bonchev–Trinajstić information content (AvgIpc) is 3.15. The molecule has 0 saturated heterocycles. The molecule has 4 fully saturated rings. The summed E-state index contributed by atoms with van der Waals surface area (Å²) in [6.45, 7) is 6.53. The van der Waals surface area contributed by atoms with Crippen LogP contribution in [0.4, 0.5) is 0 Å². The fourth-order valence-electron chi connectivity index (χ4n) is 8.64. The van der Waals surface area contributed by atoms with E-state index in [0.717, 1.165) is 42.4 Å². The first-order valence-corrected chi connectivity index (χ1v) is 13.3. The summed E-state index contributed by atoms with van der Waals surface area (Å²) in [5, 5.41) is 0. The van der Waals surface area contributed by atoms with E-state index in [1.807, 2.05) is 30.3 Å². The molecule has 0 unspecified atom stereocenters. The number of ether oxygens (including phenoxy) is 2. The molecule has 0 aliphatic heterocycles. The van der Waals surface area contributed by atoms with Gasteiger partial charge in [0, 0.05) is 12.5 Å². The Kier molecular flexibility index (Phi) is 6.14. The SMILES string of the molecule is COc1ccc(C(=O)/C=C2\CC[C@H]3[C@@H]4CC[C@H]5C[C@@H](OC(C)=O)CC[C@]5(C)[C@H]4CC[C@]23C)cc1. The zero-order valence-corrected chi connectivity index (χ0v) is 21.3. The lowest BCUT2D eigenvalue weighted by Crippen LogP contribution is -2.53. The maximum Gasteiger partial charge on any atom is 0.302 e.